The van der Waals surface area contributed by atoms with E-state index in [9.17, 15) is 0 Å². The van der Waals surface area contributed by atoms with Gasteiger partial charge in [0.15, 0.2) is 0 Å². The first kappa shape index (κ1) is 23.2. The molecule has 0 aliphatic carbocycles. The molecule has 0 unspecified atom stereocenters. The molecule has 12 heteroatoms. The van der Waals surface area contributed by atoms with Gasteiger partial charge in [0.1, 0.15) is 0 Å². The van der Waals surface area contributed by atoms with E-state index < -0.39 is 27.2 Å². The zero-order valence-corrected chi connectivity index (χ0v) is 9.33. The van der Waals surface area contributed by atoms with E-state index >= 15 is 0 Å². The molecule has 0 aromatic heterocycles. The monoisotopic (exact) mass is 351 g/mol. The molecule has 12 heavy (non-hydrogen) atoms. The topological polar surface area (TPSA) is 161 Å². The average molecular weight is 351 g/mol. The molecule has 0 spiro atoms. The van der Waals surface area contributed by atoms with E-state index in [1.807, 2.05) is 0 Å². The van der Waals surface area contributed by atoms with Crippen LogP contribution in [-0.4, -0.2) is 0 Å². The number of hydrogen-bond acceptors (Lipinski definition) is 8. The minimum atomic E-state index is -5.75. The van der Waals surface area contributed by atoms with Gasteiger partial charge in [0.05, 0.1) is 0 Å². The normalized spacial score (nSPS) is 9.67. The molecule has 79 valence electrons. The van der Waals surface area contributed by atoms with Crippen molar-refractivity contribution in [3.63, 3.8) is 0 Å². The fourth-order valence-electron chi connectivity index (χ4n) is 0. The van der Waals surface area contributed by atoms with Gasteiger partial charge < -0.3 is 0 Å². The Balaban J connectivity index is -0.0000000457. The molecule has 0 aromatic carbocycles. The maximum atomic E-state index is 8.59. The van der Waals surface area contributed by atoms with Crippen LogP contribution in [-0.2, 0) is 76.6 Å². The van der Waals surface area contributed by atoms with Gasteiger partial charge in [0.2, 0.25) is 0 Å². The van der Waals surface area contributed by atoms with Crippen LogP contribution in [0, 0.1) is 0 Å². The second-order valence-electron chi connectivity index (χ2n) is 0.816. The van der Waals surface area contributed by atoms with Gasteiger partial charge in [-0.25, -0.2) is 0 Å². The standard InChI is InChI=1S/2Cr.Cu.Fe.8O/q;;2*+2;;;;;4*-1. The molecule has 0 saturated carbocycles. The minimum absolute atomic E-state index is 0. The molecular weight excluding hydrogens is 351 g/mol. The molecule has 0 fully saturated rings. The molecule has 0 rings (SSSR count). The van der Waals surface area contributed by atoms with Crippen LogP contribution in [0.25, 0.3) is 0 Å². The Kier molecular flexibility index (Phi) is 16.9. The summed E-state index contributed by atoms with van der Waals surface area (Å²) in [5, 5.41) is 0. The Morgan fingerprint density at radius 1 is 0.667 bits per heavy atom. The third-order valence-electron chi connectivity index (χ3n) is 0. The van der Waals surface area contributed by atoms with Gasteiger partial charge in [-0.3, -0.25) is 0 Å². The Morgan fingerprint density at radius 3 is 0.667 bits per heavy atom. The van der Waals surface area contributed by atoms with E-state index in [2.05, 4.69) is 0 Å². The van der Waals surface area contributed by atoms with Crippen molar-refractivity contribution in [3.05, 3.63) is 0 Å². The van der Waals surface area contributed by atoms with E-state index in [-0.39, 0.29) is 34.1 Å². The summed E-state index contributed by atoms with van der Waals surface area (Å²) < 4.78 is 68.8. The van der Waals surface area contributed by atoms with Crippen molar-refractivity contribution >= 4 is 0 Å². The van der Waals surface area contributed by atoms with Crippen LogP contribution in [0.15, 0.2) is 0 Å². The van der Waals surface area contributed by atoms with Crippen LogP contribution in [0.1, 0.15) is 0 Å². The average Bonchev–Trinajstić information content (AvgIpc) is 1.12. The summed E-state index contributed by atoms with van der Waals surface area (Å²) in [6.07, 6.45) is 0. The SMILES string of the molecule is [Cu+2].[Fe+2].[O]=[Cr](=[O])([O-])[O-].[O]=[Cr](=[O])([O-])[O-]. The summed E-state index contributed by atoms with van der Waals surface area (Å²) in [6.45, 7) is 0. The summed E-state index contributed by atoms with van der Waals surface area (Å²) in [5.74, 6) is 0. The van der Waals surface area contributed by atoms with E-state index in [4.69, 9.17) is 31.8 Å². The molecule has 0 amide bonds. The summed E-state index contributed by atoms with van der Waals surface area (Å²) in [7, 11) is 0. The molecule has 0 aliphatic heterocycles. The Labute approximate surface area is 92.7 Å². The molecule has 0 saturated heterocycles. The van der Waals surface area contributed by atoms with Gasteiger partial charge in [-0.1, -0.05) is 0 Å². The van der Waals surface area contributed by atoms with Gasteiger partial charge in [-0.15, -0.1) is 0 Å². The van der Waals surface area contributed by atoms with Crippen molar-refractivity contribution in [2.45, 2.75) is 0 Å². The van der Waals surface area contributed by atoms with Crippen LogP contribution in [0.5, 0.6) is 0 Å². The third kappa shape index (κ3) is 876. The Morgan fingerprint density at radius 2 is 0.667 bits per heavy atom. The van der Waals surface area contributed by atoms with Crippen molar-refractivity contribution in [2.24, 2.45) is 0 Å². The summed E-state index contributed by atoms with van der Waals surface area (Å²) >= 11 is -11.5. The maximum absolute atomic E-state index is 8.59. The van der Waals surface area contributed by atoms with Gasteiger partial charge >= 0.3 is 93.2 Å². The second kappa shape index (κ2) is 8.73. The van der Waals surface area contributed by atoms with Crippen molar-refractivity contribution in [2.75, 3.05) is 0 Å². The molecule has 0 N–H and O–H groups in total. The first-order valence-electron chi connectivity index (χ1n) is 1.33. The summed E-state index contributed by atoms with van der Waals surface area (Å²) in [5.41, 5.74) is 0. The van der Waals surface area contributed by atoms with Crippen LogP contribution in [0.3, 0.4) is 0 Å². The molecule has 8 nitrogen and oxygen atoms in total. The summed E-state index contributed by atoms with van der Waals surface area (Å²) in [4.78, 5) is 0. The first-order valence-corrected chi connectivity index (χ1v) is 5.50. The molecule has 1 radical (unpaired) electrons. The zero-order valence-electron chi connectivity index (χ0n) is 4.74. The number of rotatable bonds is 0. The van der Waals surface area contributed by atoms with Gasteiger partial charge in [-0.2, -0.15) is 0 Å². The zero-order chi connectivity index (χ0) is 9.00. The molecule has 0 aliphatic rings. The Hall–Kier alpha value is 1.14. The van der Waals surface area contributed by atoms with Gasteiger partial charge in [-0.05, 0) is 0 Å². The first-order chi connectivity index (χ1) is 4.00. The van der Waals surface area contributed by atoms with Gasteiger partial charge in [0, 0.05) is 0 Å². The molecule has 0 heterocycles. The fourth-order valence-corrected chi connectivity index (χ4v) is 0. The quantitative estimate of drug-likeness (QED) is 0.391. The van der Waals surface area contributed by atoms with Crippen LogP contribution in [0.4, 0.5) is 0 Å². The van der Waals surface area contributed by atoms with E-state index in [0.29, 0.717) is 0 Å². The van der Waals surface area contributed by atoms with Crippen molar-refractivity contribution < 1.29 is 93.2 Å². The fraction of sp³-hybridized carbons (Fsp3) is 0. The van der Waals surface area contributed by atoms with Crippen LogP contribution in [0.2, 0.25) is 0 Å². The predicted octanol–water partition coefficient (Wildman–Crippen LogP) is -5.24. The molecule has 0 atom stereocenters. The second-order valence-corrected chi connectivity index (χ2v) is 3.37. The Bertz CT molecular complexity index is 213. The van der Waals surface area contributed by atoms with E-state index in [1.54, 1.807) is 0 Å². The predicted molar refractivity (Wildman–Crippen MR) is 2.75 cm³/mol. The van der Waals surface area contributed by atoms with E-state index in [1.165, 1.54) is 0 Å². The van der Waals surface area contributed by atoms with Crippen molar-refractivity contribution in [1.29, 1.82) is 0 Å². The third-order valence-corrected chi connectivity index (χ3v) is 0. The number of hydrogen-bond donors (Lipinski definition) is 0. The molecule has 0 bridgehead atoms. The summed E-state index contributed by atoms with van der Waals surface area (Å²) in [6, 6.07) is 0. The van der Waals surface area contributed by atoms with Crippen LogP contribution < -0.4 is 16.6 Å². The van der Waals surface area contributed by atoms with E-state index in [0.717, 1.165) is 0 Å². The van der Waals surface area contributed by atoms with Crippen LogP contribution >= 0.6 is 0 Å². The van der Waals surface area contributed by atoms with Crippen molar-refractivity contribution in [1.82, 2.24) is 0 Å². The van der Waals surface area contributed by atoms with Gasteiger partial charge in [0.25, 0.3) is 0 Å². The molecular formula is Cr2CuFeO8. The van der Waals surface area contributed by atoms with Crippen molar-refractivity contribution in [3.8, 4) is 0 Å². The molecule has 0 aromatic rings.